The standard InChI is InChI=1S/C21H34N4O3/c1-16(2)20(26)25-10-9-18(15-25)24-21(22-3)23-14-17-7-5-8-19(13-17)28-12-6-11-27-4/h5,7-8,13,16,18H,6,9-12,14-15H2,1-4H3,(H2,22,23,24). The smallest absolute Gasteiger partial charge is 0.225 e. The molecule has 28 heavy (non-hydrogen) atoms. The van der Waals surface area contributed by atoms with Crippen LogP contribution >= 0.6 is 0 Å². The van der Waals surface area contributed by atoms with Crippen LogP contribution in [-0.2, 0) is 16.1 Å². The molecule has 1 saturated heterocycles. The normalized spacial score (nSPS) is 17.1. The Bertz CT molecular complexity index is 648. The van der Waals surface area contributed by atoms with Crippen molar-refractivity contribution in [3.63, 3.8) is 0 Å². The number of nitrogens with zero attached hydrogens (tertiary/aromatic N) is 2. The number of amides is 1. The van der Waals surface area contributed by atoms with Crippen molar-refractivity contribution in [3.05, 3.63) is 29.8 Å². The molecule has 0 saturated carbocycles. The van der Waals surface area contributed by atoms with E-state index in [1.807, 2.05) is 36.9 Å². The van der Waals surface area contributed by atoms with Crippen LogP contribution in [0, 0.1) is 5.92 Å². The van der Waals surface area contributed by atoms with E-state index in [0.717, 1.165) is 43.2 Å². The van der Waals surface area contributed by atoms with E-state index < -0.39 is 0 Å². The fourth-order valence-corrected chi connectivity index (χ4v) is 3.16. The van der Waals surface area contributed by atoms with E-state index >= 15 is 0 Å². The Morgan fingerprint density at radius 2 is 2.18 bits per heavy atom. The van der Waals surface area contributed by atoms with Crippen LogP contribution in [0.4, 0.5) is 0 Å². The minimum Gasteiger partial charge on any atom is -0.493 e. The summed E-state index contributed by atoms with van der Waals surface area (Å²) >= 11 is 0. The number of ether oxygens (including phenoxy) is 2. The summed E-state index contributed by atoms with van der Waals surface area (Å²) < 4.78 is 10.8. The van der Waals surface area contributed by atoms with Crippen LogP contribution in [0.5, 0.6) is 5.75 Å². The first kappa shape index (κ1) is 22.0. The zero-order valence-electron chi connectivity index (χ0n) is 17.5. The predicted molar refractivity (Wildman–Crippen MR) is 112 cm³/mol. The topological polar surface area (TPSA) is 75.2 Å². The van der Waals surface area contributed by atoms with Gasteiger partial charge in [-0.2, -0.15) is 0 Å². The van der Waals surface area contributed by atoms with E-state index in [-0.39, 0.29) is 17.9 Å². The molecule has 1 aliphatic heterocycles. The van der Waals surface area contributed by atoms with Crippen LogP contribution in [0.2, 0.25) is 0 Å². The fraction of sp³-hybridized carbons (Fsp3) is 0.619. The largest absolute Gasteiger partial charge is 0.493 e. The summed E-state index contributed by atoms with van der Waals surface area (Å²) in [5, 5.41) is 6.77. The third-order valence-electron chi connectivity index (χ3n) is 4.68. The third-order valence-corrected chi connectivity index (χ3v) is 4.68. The number of rotatable bonds is 9. The summed E-state index contributed by atoms with van der Waals surface area (Å²) in [4.78, 5) is 18.4. The lowest BCUT2D eigenvalue weighted by atomic mass is 10.2. The lowest BCUT2D eigenvalue weighted by molar-refractivity contribution is -0.133. The molecule has 0 radical (unpaired) electrons. The molecule has 0 spiro atoms. The van der Waals surface area contributed by atoms with Gasteiger partial charge in [-0.05, 0) is 24.1 Å². The zero-order chi connectivity index (χ0) is 20.4. The molecule has 1 amide bonds. The van der Waals surface area contributed by atoms with Gasteiger partial charge in [0.1, 0.15) is 5.75 Å². The zero-order valence-corrected chi connectivity index (χ0v) is 17.5. The Morgan fingerprint density at radius 3 is 2.89 bits per heavy atom. The van der Waals surface area contributed by atoms with Crippen LogP contribution in [0.15, 0.2) is 29.3 Å². The van der Waals surface area contributed by atoms with E-state index in [2.05, 4.69) is 21.7 Å². The van der Waals surface area contributed by atoms with Gasteiger partial charge in [-0.25, -0.2) is 0 Å². The van der Waals surface area contributed by atoms with Crippen molar-refractivity contribution >= 4 is 11.9 Å². The molecule has 1 atom stereocenters. The van der Waals surface area contributed by atoms with Crippen LogP contribution in [0.1, 0.15) is 32.3 Å². The Labute approximate surface area is 168 Å². The van der Waals surface area contributed by atoms with Crippen LogP contribution in [0.25, 0.3) is 0 Å². The maximum absolute atomic E-state index is 12.1. The van der Waals surface area contributed by atoms with Gasteiger partial charge in [0.25, 0.3) is 0 Å². The van der Waals surface area contributed by atoms with E-state index in [9.17, 15) is 4.79 Å². The molecule has 2 N–H and O–H groups in total. The highest BCUT2D eigenvalue weighted by Gasteiger charge is 2.27. The van der Waals surface area contributed by atoms with Gasteiger partial charge in [0.05, 0.1) is 6.61 Å². The second kappa shape index (κ2) is 11.5. The Balaban J connectivity index is 1.79. The highest BCUT2D eigenvalue weighted by atomic mass is 16.5. The second-order valence-corrected chi connectivity index (χ2v) is 7.34. The first-order valence-electron chi connectivity index (χ1n) is 10.00. The van der Waals surface area contributed by atoms with Crippen molar-refractivity contribution in [1.29, 1.82) is 0 Å². The number of likely N-dealkylation sites (tertiary alicyclic amines) is 1. The molecule has 1 aromatic rings. The molecule has 1 aliphatic rings. The lowest BCUT2D eigenvalue weighted by Crippen LogP contribution is -2.45. The molecule has 156 valence electrons. The Kier molecular flexibility index (Phi) is 9.07. The molecule has 7 nitrogen and oxygen atoms in total. The van der Waals surface area contributed by atoms with Gasteiger partial charge in [-0.3, -0.25) is 9.79 Å². The summed E-state index contributed by atoms with van der Waals surface area (Å²) in [5.41, 5.74) is 1.12. The van der Waals surface area contributed by atoms with Crippen molar-refractivity contribution in [3.8, 4) is 5.75 Å². The molecule has 0 aliphatic carbocycles. The molecular weight excluding hydrogens is 356 g/mol. The summed E-state index contributed by atoms with van der Waals surface area (Å²) in [6, 6.07) is 8.27. The van der Waals surface area contributed by atoms with Crippen molar-refractivity contribution in [2.45, 2.75) is 39.3 Å². The summed E-state index contributed by atoms with van der Waals surface area (Å²) in [6.07, 6.45) is 1.80. The maximum atomic E-state index is 12.1. The highest BCUT2D eigenvalue weighted by molar-refractivity contribution is 5.81. The molecule has 1 unspecified atom stereocenters. The SMILES string of the molecule is CN=C(NCc1cccc(OCCCOC)c1)NC1CCN(C(=O)C(C)C)C1. The van der Waals surface area contributed by atoms with Crippen LogP contribution < -0.4 is 15.4 Å². The quantitative estimate of drug-likeness (QED) is 0.383. The number of methoxy groups -OCH3 is 1. The minimum absolute atomic E-state index is 0.0418. The summed E-state index contributed by atoms with van der Waals surface area (Å²) in [7, 11) is 3.45. The van der Waals surface area contributed by atoms with Crippen molar-refractivity contribution < 1.29 is 14.3 Å². The first-order chi connectivity index (χ1) is 13.5. The fourth-order valence-electron chi connectivity index (χ4n) is 3.16. The van der Waals surface area contributed by atoms with Crippen LogP contribution in [0.3, 0.4) is 0 Å². The van der Waals surface area contributed by atoms with E-state index in [0.29, 0.717) is 19.8 Å². The number of hydrogen-bond acceptors (Lipinski definition) is 4. The summed E-state index contributed by atoms with van der Waals surface area (Å²) in [6.45, 7) is 7.40. The molecule has 0 bridgehead atoms. The van der Waals surface area contributed by atoms with Crippen molar-refractivity contribution in [1.82, 2.24) is 15.5 Å². The average Bonchev–Trinajstić information content (AvgIpc) is 3.16. The van der Waals surface area contributed by atoms with Gasteiger partial charge >= 0.3 is 0 Å². The number of guanidine groups is 1. The van der Waals surface area contributed by atoms with E-state index in [1.165, 1.54) is 0 Å². The van der Waals surface area contributed by atoms with Gasteiger partial charge in [-0.1, -0.05) is 26.0 Å². The molecule has 0 aromatic heterocycles. The number of nitrogens with one attached hydrogen (secondary N) is 2. The van der Waals surface area contributed by atoms with Crippen molar-refractivity contribution in [2.24, 2.45) is 10.9 Å². The highest BCUT2D eigenvalue weighted by Crippen LogP contribution is 2.14. The first-order valence-corrected chi connectivity index (χ1v) is 10.00. The Morgan fingerprint density at radius 1 is 1.36 bits per heavy atom. The molecule has 1 heterocycles. The average molecular weight is 391 g/mol. The predicted octanol–water partition coefficient (Wildman–Crippen LogP) is 2.02. The van der Waals surface area contributed by atoms with Gasteiger partial charge in [0, 0.05) is 58.8 Å². The molecule has 7 heteroatoms. The second-order valence-electron chi connectivity index (χ2n) is 7.34. The lowest BCUT2D eigenvalue weighted by Gasteiger charge is -2.20. The third kappa shape index (κ3) is 7.03. The monoisotopic (exact) mass is 390 g/mol. The van der Waals surface area contributed by atoms with Crippen LogP contribution in [-0.4, -0.2) is 63.3 Å². The van der Waals surface area contributed by atoms with Gasteiger partial charge in [-0.15, -0.1) is 0 Å². The van der Waals surface area contributed by atoms with Crippen molar-refractivity contribution in [2.75, 3.05) is 40.5 Å². The molecule has 2 rings (SSSR count). The minimum atomic E-state index is 0.0418. The molecule has 1 aromatic carbocycles. The number of carbonyl (C=O) groups excluding carboxylic acids is 1. The molecule has 1 fully saturated rings. The summed E-state index contributed by atoms with van der Waals surface area (Å²) in [5.74, 6) is 1.86. The van der Waals surface area contributed by atoms with Gasteiger partial charge < -0.3 is 25.0 Å². The number of hydrogen-bond donors (Lipinski definition) is 2. The van der Waals surface area contributed by atoms with Gasteiger partial charge in [0.15, 0.2) is 5.96 Å². The van der Waals surface area contributed by atoms with Gasteiger partial charge in [0.2, 0.25) is 5.91 Å². The number of aliphatic imine (C=N–C) groups is 1. The maximum Gasteiger partial charge on any atom is 0.225 e. The number of benzene rings is 1. The van der Waals surface area contributed by atoms with E-state index in [1.54, 1.807) is 14.2 Å². The number of carbonyl (C=O) groups is 1. The van der Waals surface area contributed by atoms with E-state index in [4.69, 9.17) is 9.47 Å². The Hall–Kier alpha value is -2.28. The molecular formula is C21H34N4O3.